The van der Waals surface area contributed by atoms with Crippen LogP contribution in [0.2, 0.25) is 0 Å². The fourth-order valence-electron chi connectivity index (χ4n) is 1.87. The van der Waals surface area contributed by atoms with Gasteiger partial charge in [-0.25, -0.2) is 4.68 Å². The van der Waals surface area contributed by atoms with E-state index in [1.165, 1.54) is 5.56 Å². The van der Waals surface area contributed by atoms with Crippen molar-refractivity contribution in [3.8, 4) is 11.6 Å². The molecule has 0 aliphatic carbocycles. The predicted molar refractivity (Wildman–Crippen MR) is 70.8 cm³/mol. The molecule has 0 radical (unpaired) electrons. The number of ether oxygens (including phenoxy) is 1. The maximum atomic E-state index is 10.6. The van der Waals surface area contributed by atoms with E-state index in [2.05, 4.69) is 5.10 Å². The second-order valence-corrected chi connectivity index (χ2v) is 4.32. The molecule has 2 aromatic rings. The molecule has 5 nitrogen and oxygen atoms in total. The largest absolute Gasteiger partial charge is 0.481 e. The lowest BCUT2D eigenvalue weighted by molar-refractivity contribution is -0.136. The second kappa shape index (κ2) is 5.56. The van der Waals surface area contributed by atoms with Crippen LogP contribution in [-0.2, 0) is 11.2 Å². The number of aliphatic carboxylic acids is 1. The Morgan fingerprint density at radius 2 is 2.05 bits per heavy atom. The van der Waals surface area contributed by atoms with Crippen LogP contribution in [0.15, 0.2) is 30.5 Å². The third kappa shape index (κ3) is 2.93. The average Bonchev–Trinajstić information content (AvgIpc) is 2.80. The van der Waals surface area contributed by atoms with Crippen molar-refractivity contribution in [3.63, 3.8) is 0 Å². The van der Waals surface area contributed by atoms with Gasteiger partial charge in [0.05, 0.1) is 19.0 Å². The van der Waals surface area contributed by atoms with Crippen molar-refractivity contribution in [1.29, 1.82) is 0 Å². The van der Waals surface area contributed by atoms with Crippen molar-refractivity contribution in [2.75, 3.05) is 7.11 Å². The van der Waals surface area contributed by atoms with Gasteiger partial charge in [0.1, 0.15) is 0 Å². The van der Waals surface area contributed by atoms with E-state index in [1.807, 2.05) is 31.2 Å². The molecule has 1 aromatic carbocycles. The van der Waals surface area contributed by atoms with E-state index in [9.17, 15) is 4.79 Å². The second-order valence-electron chi connectivity index (χ2n) is 4.32. The summed E-state index contributed by atoms with van der Waals surface area (Å²) in [5, 5.41) is 13.0. The van der Waals surface area contributed by atoms with E-state index >= 15 is 0 Å². The number of methoxy groups -OCH3 is 1. The van der Waals surface area contributed by atoms with Crippen molar-refractivity contribution in [1.82, 2.24) is 9.78 Å². The lowest BCUT2D eigenvalue weighted by Crippen LogP contribution is -2.02. The molecule has 1 N–H and O–H groups in total. The first-order chi connectivity index (χ1) is 9.11. The van der Waals surface area contributed by atoms with Crippen LogP contribution in [0.5, 0.6) is 5.88 Å². The Kier molecular flexibility index (Phi) is 3.85. The summed E-state index contributed by atoms with van der Waals surface area (Å²) in [5.74, 6) is -0.241. The minimum atomic E-state index is -0.829. The first-order valence-electron chi connectivity index (χ1n) is 6.01. The number of carboxylic acid groups (broad SMARTS) is 1. The summed E-state index contributed by atoms with van der Waals surface area (Å²) in [6.07, 6.45) is 2.13. The molecule has 0 spiro atoms. The molecule has 19 heavy (non-hydrogen) atoms. The Morgan fingerprint density at radius 1 is 1.37 bits per heavy atom. The highest BCUT2D eigenvalue weighted by molar-refractivity contribution is 5.67. The first-order valence-corrected chi connectivity index (χ1v) is 6.01. The molecule has 1 heterocycles. The summed E-state index contributed by atoms with van der Waals surface area (Å²) in [7, 11) is 1.56. The molecular weight excluding hydrogens is 244 g/mol. The molecule has 5 heteroatoms. The number of hydrogen-bond donors (Lipinski definition) is 1. The highest BCUT2D eigenvalue weighted by atomic mass is 16.5. The molecule has 0 atom stereocenters. The monoisotopic (exact) mass is 260 g/mol. The summed E-state index contributed by atoms with van der Waals surface area (Å²) in [6.45, 7) is 2.02. The fraction of sp³-hybridized carbons (Fsp3) is 0.286. The van der Waals surface area contributed by atoms with E-state index in [0.29, 0.717) is 12.3 Å². The van der Waals surface area contributed by atoms with Gasteiger partial charge in [-0.2, -0.15) is 5.10 Å². The molecule has 1 aromatic heterocycles. The van der Waals surface area contributed by atoms with Gasteiger partial charge in [-0.3, -0.25) is 4.79 Å². The van der Waals surface area contributed by atoms with Crippen LogP contribution in [0.1, 0.15) is 17.5 Å². The van der Waals surface area contributed by atoms with Gasteiger partial charge in [-0.05, 0) is 25.5 Å². The van der Waals surface area contributed by atoms with Crippen molar-refractivity contribution in [2.45, 2.75) is 19.8 Å². The van der Waals surface area contributed by atoms with Crippen molar-refractivity contribution < 1.29 is 14.6 Å². The highest BCUT2D eigenvalue weighted by Gasteiger charge is 2.13. The topological polar surface area (TPSA) is 64.3 Å². The van der Waals surface area contributed by atoms with Crippen LogP contribution in [0.25, 0.3) is 5.69 Å². The molecule has 0 saturated carbocycles. The Bertz CT molecular complexity index is 573. The van der Waals surface area contributed by atoms with Crippen molar-refractivity contribution in [3.05, 3.63) is 41.6 Å². The van der Waals surface area contributed by atoms with Gasteiger partial charge in [-0.1, -0.05) is 17.7 Å². The zero-order valence-electron chi connectivity index (χ0n) is 11.0. The standard InChI is InChI=1S/C14H16N2O3/c1-10-3-6-12(7-4-10)16-14(19-2)11(9-15-16)5-8-13(17)18/h3-4,6-7,9H,5,8H2,1-2H3,(H,17,18). The molecule has 0 amide bonds. The van der Waals surface area contributed by atoms with Crippen LogP contribution < -0.4 is 4.74 Å². The molecular formula is C14H16N2O3. The van der Waals surface area contributed by atoms with Gasteiger partial charge in [0, 0.05) is 12.0 Å². The molecule has 2 rings (SSSR count). The third-order valence-electron chi connectivity index (χ3n) is 2.88. The fourth-order valence-corrected chi connectivity index (χ4v) is 1.87. The smallest absolute Gasteiger partial charge is 0.303 e. The van der Waals surface area contributed by atoms with Gasteiger partial charge < -0.3 is 9.84 Å². The van der Waals surface area contributed by atoms with E-state index < -0.39 is 5.97 Å². The van der Waals surface area contributed by atoms with Crippen LogP contribution >= 0.6 is 0 Å². The van der Waals surface area contributed by atoms with E-state index in [0.717, 1.165) is 11.3 Å². The zero-order chi connectivity index (χ0) is 13.8. The van der Waals surface area contributed by atoms with Gasteiger partial charge in [-0.15, -0.1) is 0 Å². The van der Waals surface area contributed by atoms with Gasteiger partial charge in [0.15, 0.2) is 0 Å². The zero-order valence-corrected chi connectivity index (χ0v) is 11.0. The maximum absolute atomic E-state index is 10.6. The Hall–Kier alpha value is -2.30. The number of carboxylic acids is 1. The minimum Gasteiger partial charge on any atom is -0.481 e. The summed E-state index contributed by atoms with van der Waals surface area (Å²) >= 11 is 0. The van der Waals surface area contributed by atoms with Crippen LogP contribution in [0, 0.1) is 6.92 Å². The van der Waals surface area contributed by atoms with E-state index in [1.54, 1.807) is 18.0 Å². The molecule has 0 aliphatic rings. The molecule has 0 unspecified atom stereocenters. The highest BCUT2D eigenvalue weighted by Crippen LogP contribution is 2.23. The number of aromatic nitrogens is 2. The van der Waals surface area contributed by atoms with Crippen LogP contribution in [0.3, 0.4) is 0 Å². The normalized spacial score (nSPS) is 10.4. The van der Waals surface area contributed by atoms with Crippen molar-refractivity contribution in [2.24, 2.45) is 0 Å². The number of nitrogens with zero attached hydrogens (tertiary/aromatic N) is 2. The quantitative estimate of drug-likeness (QED) is 0.895. The number of carbonyl (C=O) groups is 1. The number of aryl methyl sites for hydroxylation is 2. The molecule has 0 saturated heterocycles. The SMILES string of the molecule is COc1c(CCC(=O)O)cnn1-c1ccc(C)cc1. The van der Waals surface area contributed by atoms with E-state index in [-0.39, 0.29) is 6.42 Å². The number of hydrogen-bond acceptors (Lipinski definition) is 3. The number of rotatable bonds is 5. The van der Waals surface area contributed by atoms with E-state index in [4.69, 9.17) is 9.84 Å². The summed E-state index contributed by atoms with van der Waals surface area (Å²) < 4.78 is 7.02. The first kappa shape index (κ1) is 13.1. The van der Waals surface area contributed by atoms with Gasteiger partial charge >= 0.3 is 5.97 Å². The third-order valence-corrected chi connectivity index (χ3v) is 2.88. The lowest BCUT2D eigenvalue weighted by atomic mass is 10.2. The molecule has 100 valence electrons. The summed E-state index contributed by atoms with van der Waals surface area (Å²) in [4.78, 5) is 10.6. The summed E-state index contributed by atoms with van der Waals surface area (Å²) in [6, 6.07) is 7.89. The van der Waals surface area contributed by atoms with Gasteiger partial charge in [0.25, 0.3) is 0 Å². The predicted octanol–water partition coefficient (Wildman–Crippen LogP) is 2.21. The Balaban J connectivity index is 2.31. The number of benzene rings is 1. The van der Waals surface area contributed by atoms with Crippen LogP contribution in [0.4, 0.5) is 0 Å². The molecule has 0 aliphatic heterocycles. The summed E-state index contributed by atoms with van der Waals surface area (Å²) in [5.41, 5.74) is 2.86. The average molecular weight is 260 g/mol. The molecule has 0 fully saturated rings. The maximum Gasteiger partial charge on any atom is 0.303 e. The van der Waals surface area contributed by atoms with Crippen LogP contribution in [-0.4, -0.2) is 28.0 Å². The Morgan fingerprint density at radius 3 is 2.63 bits per heavy atom. The Labute approximate surface area is 111 Å². The van der Waals surface area contributed by atoms with Gasteiger partial charge in [0.2, 0.25) is 5.88 Å². The lowest BCUT2D eigenvalue weighted by Gasteiger charge is -2.08. The van der Waals surface area contributed by atoms with Crippen molar-refractivity contribution >= 4 is 5.97 Å². The minimum absolute atomic E-state index is 0.0654. The molecule has 0 bridgehead atoms.